The Morgan fingerprint density at radius 3 is 2.89 bits per heavy atom. The molecule has 1 unspecified atom stereocenters. The van der Waals surface area contributed by atoms with E-state index in [9.17, 15) is 0 Å². The summed E-state index contributed by atoms with van der Waals surface area (Å²) in [7, 11) is 0. The van der Waals surface area contributed by atoms with Crippen molar-refractivity contribution in [3.05, 3.63) is 0 Å². The third-order valence-corrected chi connectivity index (χ3v) is 0.939. The second-order valence-corrected chi connectivity index (χ2v) is 1.57. The van der Waals surface area contributed by atoms with Crippen LogP contribution in [0.3, 0.4) is 0 Å². The van der Waals surface area contributed by atoms with Crippen LogP contribution in [-0.2, 0) is 0 Å². The van der Waals surface area contributed by atoms with E-state index in [1.54, 1.807) is 0 Å². The monoisotopic (exact) mass is 126 g/mol. The highest BCUT2D eigenvalue weighted by Gasteiger charge is 2.14. The first-order valence-corrected chi connectivity index (χ1v) is 2.33. The maximum Gasteiger partial charge on any atom is 0.193 e. The highest BCUT2D eigenvalue weighted by Crippen LogP contribution is 1.92. The summed E-state index contributed by atoms with van der Waals surface area (Å²) >= 11 is 0. The van der Waals surface area contributed by atoms with E-state index < -0.39 is 6.23 Å². The van der Waals surface area contributed by atoms with Gasteiger partial charge in [0.05, 0.1) is 0 Å². The summed E-state index contributed by atoms with van der Waals surface area (Å²) < 4.78 is 0. The Morgan fingerprint density at radius 1 is 1.78 bits per heavy atom. The maximum atomic E-state index is 8.76. The van der Waals surface area contributed by atoms with E-state index in [1.165, 1.54) is 0 Å². The van der Waals surface area contributed by atoms with Gasteiger partial charge in [0, 0.05) is 0 Å². The molecule has 1 atom stereocenters. The van der Waals surface area contributed by atoms with Crippen molar-refractivity contribution >= 4 is 17.9 Å². The van der Waals surface area contributed by atoms with Crippen molar-refractivity contribution in [1.82, 2.24) is 0 Å². The number of hydrogen-bond acceptors (Lipinski definition) is 5. The van der Waals surface area contributed by atoms with Gasteiger partial charge in [-0.3, -0.25) is 5.41 Å². The highest BCUT2D eigenvalue weighted by molar-refractivity contribution is 6.42. The molecular formula is C4H6N4O. The molecule has 48 valence electrons. The van der Waals surface area contributed by atoms with Crippen molar-refractivity contribution < 1.29 is 5.11 Å². The fraction of sp³-hybridized carbons (Fsp3) is 0.250. The van der Waals surface area contributed by atoms with Crippen LogP contribution in [0.15, 0.2) is 9.98 Å². The average Bonchev–Trinajstić information content (AvgIpc) is 1.83. The zero-order valence-corrected chi connectivity index (χ0v) is 4.57. The molecular weight excluding hydrogens is 120 g/mol. The zero-order chi connectivity index (χ0) is 6.85. The van der Waals surface area contributed by atoms with E-state index in [0.717, 1.165) is 6.34 Å². The predicted octanol–water partition coefficient (Wildman–Crippen LogP) is -1.28. The standard InChI is InChI=1S/C4H6N4O/c5-2-3(6)7-1-8-4(2)9/h1,4-5,9H,(H2,6,7,8). The summed E-state index contributed by atoms with van der Waals surface area (Å²) in [6.45, 7) is 0. The van der Waals surface area contributed by atoms with Gasteiger partial charge in [-0.25, -0.2) is 9.98 Å². The smallest absolute Gasteiger partial charge is 0.193 e. The minimum atomic E-state index is -1.12. The highest BCUT2D eigenvalue weighted by atomic mass is 16.3. The number of rotatable bonds is 0. The van der Waals surface area contributed by atoms with Crippen LogP contribution in [-0.4, -0.2) is 29.2 Å². The zero-order valence-electron chi connectivity index (χ0n) is 4.57. The van der Waals surface area contributed by atoms with E-state index in [4.69, 9.17) is 16.2 Å². The van der Waals surface area contributed by atoms with Crippen molar-refractivity contribution in [2.75, 3.05) is 0 Å². The molecule has 0 aromatic heterocycles. The lowest BCUT2D eigenvalue weighted by molar-refractivity contribution is 0.253. The Hall–Kier alpha value is -1.23. The predicted molar refractivity (Wildman–Crippen MR) is 33.8 cm³/mol. The molecule has 1 rings (SSSR count). The van der Waals surface area contributed by atoms with Gasteiger partial charge in [-0.05, 0) is 0 Å². The fourth-order valence-electron chi connectivity index (χ4n) is 0.435. The molecule has 0 aromatic carbocycles. The van der Waals surface area contributed by atoms with E-state index >= 15 is 0 Å². The first-order valence-electron chi connectivity index (χ1n) is 2.33. The number of nitrogens with one attached hydrogen (secondary N) is 1. The number of hydrogen-bond donors (Lipinski definition) is 3. The van der Waals surface area contributed by atoms with E-state index in [0.29, 0.717) is 0 Å². The first kappa shape index (κ1) is 5.90. The molecule has 9 heavy (non-hydrogen) atoms. The Kier molecular flexibility index (Phi) is 1.27. The largest absolute Gasteiger partial charge is 0.382 e. The number of aliphatic hydroxyl groups is 1. The van der Waals surface area contributed by atoms with Crippen molar-refractivity contribution in [2.24, 2.45) is 15.7 Å². The average molecular weight is 126 g/mol. The van der Waals surface area contributed by atoms with Crippen molar-refractivity contribution in [3.63, 3.8) is 0 Å². The molecule has 0 spiro atoms. The van der Waals surface area contributed by atoms with Crippen LogP contribution >= 0.6 is 0 Å². The lowest BCUT2D eigenvalue weighted by atomic mass is 10.3. The fourth-order valence-corrected chi connectivity index (χ4v) is 0.435. The second kappa shape index (κ2) is 1.94. The summed E-state index contributed by atoms with van der Waals surface area (Å²) in [5.41, 5.74) is 5.00. The van der Waals surface area contributed by atoms with E-state index in [-0.39, 0.29) is 11.5 Å². The first-order chi connectivity index (χ1) is 4.22. The third-order valence-electron chi connectivity index (χ3n) is 0.939. The summed E-state index contributed by atoms with van der Waals surface area (Å²) in [4.78, 5) is 6.88. The topological polar surface area (TPSA) is 94.8 Å². The molecule has 0 bridgehead atoms. The van der Waals surface area contributed by atoms with Crippen LogP contribution in [0.25, 0.3) is 0 Å². The van der Waals surface area contributed by atoms with Gasteiger partial charge in [-0.2, -0.15) is 0 Å². The van der Waals surface area contributed by atoms with Gasteiger partial charge in [0.25, 0.3) is 0 Å². The number of nitrogens with two attached hydrogens (primary N) is 1. The van der Waals surface area contributed by atoms with Crippen LogP contribution in [0.4, 0.5) is 0 Å². The second-order valence-electron chi connectivity index (χ2n) is 1.57. The molecule has 0 saturated carbocycles. The molecule has 0 amide bonds. The van der Waals surface area contributed by atoms with Crippen LogP contribution in [0.1, 0.15) is 0 Å². The van der Waals surface area contributed by atoms with Crippen LogP contribution in [0.5, 0.6) is 0 Å². The third kappa shape index (κ3) is 0.945. The summed E-state index contributed by atoms with van der Waals surface area (Å²) in [6, 6.07) is 0. The van der Waals surface area contributed by atoms with Gasteiger partial charge in [0.1, 0.15) is 12.1 Å². The van der Waals surface area contributed by atoms with Gasteiger partial charge in [0.2, 0.25) is 0 Å². The molecule has 4 N–H and O–H groups in total. The normalized spacial score (nSPS) is 26.1. The Bertz CT molecular complexity index is 195. The molecule has 0 fully saturated rings. The van der Waals surface area contributed by atoms with Gasteiger partial charge < -0.3 is 10.8 Å². The Morgan fingerprint density at radius 2 is 2.44 bits per heavy atom. The molecule has 0 aromatic rings. The minimum Gasteiger partial charge on any atom is -0.382 e. The number of amidine groups is 1. The van der Waals surface area contributed by atoms with Gasteiger partial charge >= 0.3 is 0 Å². The quantitative estimate of drug-likeness (QED) is 0.377. The lowest BCUT2D eigenvalue weighted by Gasteiger charge is -2.08. The summed E-state index contributed by atoms with van der Waals surface area (Å²) in [5, 5.41) is 15.7. The molecule has 0 saturated heterocycles. The molecule has 5 heteroatoms. The summed E-state index contributed by atoms with van der Waals surface area (Å²) in [6.07, 6.45) is 0.0143. The van der Waals surface area contributed by atoms with Gasteiger partial charge in [-0.15, -0.1) is 0 Å². The van der Waals surface area contributed by atoms with Crippen LogP contribution < -0.4 is 5.73 Å². The Balaban J connectivity index is 2.86. The van der Waals surface area contributed by atoms with E-state index in [2.05, 4.69) is 9.98 Å². The molecule has 5 nitrogen and oxygen atoms in total. The summed E-state index contributed by atoms with van der Waals surface area (Å²) in [5.74, 6) is 0.0255. The minimum absolute atomic E-state index is 0.0255. The Labute approximate surface area is 51.4 Å². The molecule has 0 aliphatic carbocycles. The van der Waals surface area contributed by atoms with Gasteiger partial charge in [-0.1, -0.05) is 0 Å². The molecule has 1 aliphatic rings. The molecule has 1 aliphatic heterocycles. The van der Waals surface area contributed by atoms with Crippen LogP contribution in [0, 0.1) is 5.41 Å². The lowest BCUT2D eigenvalue weighted by Crippen LogP contribution is -2.34. The number of aliphatic hydroxyl groups excluding tert-OH is 1. The maximum absolute atomic E-state index is 8.76. The molecule has 1 heterocycles. The van der Waals surface area contributed by atoms with Crippen molar-refractivity contribution in [3.8, 4) is 0 Å². The SMILES string of the molecule is N=C1C(N)=NC=NC1O. The van der Waals surface area contributed by atoms with Crippen molar-refractivity contribution in [1.29, 1.82) is 5.41 Å². The number of aliphatic imine (C=N–C) groups is 2. The van der Waals surface area contributed by atoms with E-state index in [1.807, 2.05) is 0 Å². The van der Waals surface area contributed by atoms with Crippen molar-refractivity contribution in [2.45, 2.75) is 6.23 Å². The van der Waals surface area contributed by atoms with Gasteiger partial charge in [0.15, 0.2) is 12.1 Å². The van der Waals surface area contributed by atoms with Crippen LogP contribution in [0.2, 0.25) is 0 Å². The molecule has 0 radical (unpaired) electrons. The number of nitrogens with zero attached hydrogens (tertiary/aromatic N) is 2.